The molecule has 5 rings (SSSR count). The molecule has 2 saturated heterocycles. The third-order valence-corrected chi connectivity index (χ3v) is 8.30. The third kappa shape index (κ3) is 4.74. The molecular formula is C22H24ClN5O5S. The van der Waals surface area contributed by atoms with Crippen LogP contribution >= 0.6 is 11.6 Å². The first-order chi connectivity index (χ1) is 16.4. The van der Waals surface area contributed by atoms with Crippen LogP contribution < -0.4 is 14.8 Å². The lowest BCUT2D eigenvalue weighted by Crippen LogP contribution is -2.30. The van der Waals surface area contributed by atoms with Gasteiger partial charge in [-0.2, -0.15) is 9.35 Å². The Labute approximate surface area is 201 Å². The molecule has 1 aromatic carbocycles. The van der Waals surface area contributed by atoms with Gasteiger partial charge < -0.3 is 24.6 Å². The summed E-state index contributed by atoms with van der Waals surface area (Å²) in [5.74, 6) is 2.37. The van der Waals surface area contributed by atoms with Crippen LogP contribution in [0.15, 0.2) is 35.0 Å². The van der Waals surface area contributed by atoms with Crippen molar-refractivity contribution >= 4 is 49.4 Å². The summed E-state index contributed by atoms with van der Waals surface area (Å²) in [6.45, 7) is 0.440. The number of nitrogens with zero attached hydrogens (tertiary/aromatic N) is 4. The zero-order valence-electron chi connectivity index (χ0n) is 18.4. The molecule has 0 unspecified atom stereocenters. The van der Waals surface area contributed by atoms with Gasteiger partial charge in [-0.05, 0) is 31.0 Å². The molecule has 2 aliphatic heterocycles. The molecule has 0 spiro atoms. The van der Waals surface area contributed by atoms with Crippen molar-refractivity contribution in [3.05, 3.63) is 35.7 Å². The number of fused-ring (bicyclic) bond motifs is 1. The Morgan fingerprint density at radius 2 is 2.06 bits per heavy atom. The summed E-state index contributed by atoms with van der Waals surface area (Å²) in [4.78, 5) is 13.0. The van der Waals surface area contributed by atoms with Gasteiger partial charge in [0.2, 0.25) is 5.88 Å². The fourth-order valence-corrected chi connectivity index (χ4v) is 6.33. The second kappa shape index (κ2) is 9.49. The minimum atomic E-state index is -2.24. The van der Waals surface area contributed by atoms with Crippen molar-refractivity contribution in [1.82, 2.24) is 15.0 Å². The van der Waals surface area contributed by atoms with Crippen LogP contribution in [-0.2, 0) is 14.5 Å². The van der Waals surface area contributed by atoms with Crippen LogP contribution in [0.1, 0.15) is 12.8 Å². The van der Waals surface area contributed by atoms with Gasteiger partial charge in [0.05, 0.1) is 46.6 Å². The predicted octanol–water partition coefficient (Wildman–Crippen LogP) is 3.46. The third-order valence-electron chi connectivity index (χ3n) is 5.70. The molecule has 0 aliphatic carbocycles. The maximum absolute atomic E-state index is 12.9. The number of aliphatic hydroxyl groups excluding tert-OH is 1. The topological polar surface area (TPSA) is 128 Å². The lowest BCUT2D eigenvalue weighted by Gasteiger charge is -2.18. The van der Waals surface area contributed by atoms with Gasteiger partial charge in [0, 0.05) is 17.6 Å². The lowest BCUT2D eigenvalue weighted by molar-refractivity contribution is 0.0709. The highest BCUT2D eigenvalue weighted by atomic mass is 35.5. The van der Waals surface area contributed by atoms with E-state index in [2.05, 4.69) is 24.6 Å². The minimum Gasteiger partial charge on any atom is -0.496 e. The molecule has 2 aromatic heterocycles. The van der Waals surface area contributed by atoms with Crippen molar-refractivity contribution < 1.29 is 23.5 Å². The van der Waals surface area contributed by atoms with Crippen molar-refractivity contribution in [2.45, 2.75) is 25.0 Å². The molecular weight excluding hydrogens is 482 g/mol. The maximum atomic E-state index is 12.9. The average molecular weight is 506 g/mol. The zero-order valence-corrected chi connectivity index (χ0v) is 20.0. The summed E-state index contributed by atoms with van der Waals surface area (Å²) in [6, 6.07) is 6.85. The van der Waals surface area contributed by atoms with E-state index < -0.39 is 21.9 Å². The van der Waals surface area contributed by atoms with Gasteiger partial charge in [-0.25, -0.2) is 14.2 Å². The molecule has 3 aromatic rings. The van der Waals surface area contributed by atoms with Gasteiger partial charge in [0.25, 0.3) is 0 Å². The second-order valence-electron chi connectivity index (χ2n) is 8.12. The molecule has 2 N–H and O–H groups in total. The molecule has 2 atom stereocenters. The van der Waals surface area contributed by atoms with E-state index in [-0.39, 0.29) is 24.2 Å². The van der Waals surface area contributed by atoms with Gasteiger partial charge in [-0.15, -0.1) is 0 Å². The van der Waals surface area contributed by atoms with Gasteiger partial charge in [-0.3, -0.25) is 0 Å². The fourth-order valence-electron chi connectivity index (χ4n) is 4.00. The van der Waals surface area contributed by atoms with Crippen LogP contribution in [0, 0.1) is 0 Å². The highest BCUT2D eigenvalue weighted by molar-refractivity contribution is 7.93. The zero-order chi connectivity index (χ0) is 23.7. The SMILES string of the molecule is COc1cc(N=S2(=O)CCCC2)cc2ncnc(Nc3ccc(Cl)nc3O[C@H]3COC[C@@H]3O)c12. The first kappa shape index (κ1) is 23.0. The number of anilines is 2. The van der Waals surface area contributed by atoms with E-state index in [1.165, 1.54) is 6.33 Å². The summed E-state index contributed by atoms with van der Waals surface area (Å²) < 4.78 is 34.2. The Balaban J connectivity index is 1.53. The van der Waals surface area contributed by atoms with E-state index in [0.717, 1.165) is 12.8 Å². The Morgan fingerprint density at radius 1 is 1.24 bits per heavy atom. The standard InChI is InChI=1S/C22H24ClN5O5S/c1-31-17-9-13(28-34(30)6-2-3-7-34)8-15-20(17)21(25-12-24-15)26-14-4-5-19(23)27-22(14)33-18-11-32-10-16(18)29/h4-5,8-9,12,16,18,29H,2-3,6-7,10-11H2,1H3,(H,24,25,26)/t16-,18-/m0/s1. The van der Waals surface area contributed by atoms with Crippen LogP contribution in [0.5, 0.6) is 11.6 Å². The largest absolute Gasteiger partial charge is 0.496 e. The normalized spacial score (nSPS) is 21.5. The van der Waals surface area contributed by atoms with Crippen molar-refractivity contribution in [1.29, 1.82) is 0 Å². The molecule has 0 amide bonds. The molecule has 0 saturated carbocycles. The van der Waals surface area contributed by atoms with Gasteiger partial charge >= 0.3 is 0 Å². The van der Waals surface area contributed by atoms with Crippen LogP contribution in [0.2, 0.25) is 5.15 Å². The second-order valence-corrected chi connectivity index (χ2v) is 11.0. The van der Waals surface area contributed by atoms with Crippen LogP contribution in [0.4, 0.5) is 17.2 Å². The maximum Gasteiger partial charge on any atom is 0.239 e. The van der Waals surface area contributed by atoms with E-state index in [0.29, 0.717) is 45.4 Å². The first-order valence-electron chi connectivity index (χ1n) is 10.9. The summed E-state index contributed by atoms with van der Waals surface area (Å²) in [5.41, 5.74) is 1.64. The molecule has 2 aliphatic rings. The number of nitrogens with one attached hydrogen (secondary N) is 1. The number of pyridine rings is 1. The Kier molecular flexibility index (Phi) is 6.43. The van der Waals surface area contributed by atoms with Crippen molar-refractivity contribution in [2.75, 3.05) is 37.1 Å². The number of benzene rings is 1. The molecule has 180 valence electrons. The highest BCUT2D eigenvalue weighted by Crippen LogP contribution is 2.38. The molecule has 12 heteroatoms. The molecule has 0 radical (unpaired) electrons. The molecule has 4 heterocycles. The Morgan fingerprint density at radius 3 is 2.79 bits per heavy atom. The number of hydrogen-bond donors (Lipinski definition) is 2. The van der Waals surface area contributed by atoms with Crippen molar-refractivity contribution in [3.8, 4) is 11.6 Å². The van der Waals surface area contributed by atoms with Gasteiger partial charge in [0.1, 0.15) is 34.8 Å². The van der Waals surface area contributed by atoms with Crippen LogP contribution in [0.3, 0.4) is 0 Å². The van der Waals surface area contributed by atoms with Gasteiger partial charge in [-0.1, -0.05) is 11.6 Å². The van der Waals surface area contributed by atoms with Crippen LogP contribution in [0.25, 0.3) is 10.9 Å². The number of rotatable bonds is 6. The summed E-state index contributed by atoms with van der Waals surface area (Å²) in [5, 5.41) is 14.1. The monoisotopic (exact) mass is 505 g/mol. The Bertz CT molecular complexity index is 1330. The van der Waals surface area contributed by atoms with E-state index in [1.807, 2.05) is 0 Å². The van der Waals surface area contributed by atoms with E-state index in [1.54, 1.807) is 31.4 Å². The fraction of sp³-hybridized carbons (Fsp3) is 0.409. The van der Waals surface area contributed by atoms with Crippen molar-refractivity contribution in [3.63, 3.8) is 0 Å². The molecule has 2 fully saturated rings. The average Bonchev–Trinajstić information content (AvgIpc) is 3.43. The summed E-state index contributed by atoms with van der Waals surface area (Å²) in [6.07, 6.45) is 1.94. The number of halogens is 1. The summed E-state index contributed by atoms with van der Waals surface area (Å²) >= 11 is 6.09. The first-order valence-corrected chi connectivity index (χ1v) is 13.1. The van der Waals surface area contributed by atoms with E-state index in [4.69, 9.17) is 25.8 Å². The summed E-state index contributed by atoms with van der Waals surface area (Å²) in [7, 11) is -0.696. The van der Waals surface area contributed by atoms with Crippen LogP contribution in [-0.4, -0.2) is 68.3 Å². The van der Waals surface area contributed by atoms with E-state index in [9.17, 15) is 9.32 Å². The molecule has 0 bridgehead atoms. The Hall–Kier alpha value is -2.73. The predicted molar refractivity (Wildman–Crippen MR) is 129 cm³/mol. The number of aromatic nitrogens is 3. The number of ether oxygens (including phenoxy) is 3. The highest BCUT2D eigenvalue weighted by Gasteiger charge is 2.29. The lowest BCUT2D eigenvalue weighted by atomic mass is 10.2. The van der Waals surface area contributed by atoms with E-state index >= 15 is 0 Å². The number of aliphatic hydroxyl groups is 1. The van der Waals surface area contributed by atoms with Gasteiger partial charge in [0.15, 0.2) is 6.10 Å². The molecule has 34 heavy (non-hydrogen) atoms. The van der Waals surface area contributed by atoms with Crippen molar-refractivity contribution in [2.24, 2.45) is 4.36 Å². The number of hydrogen-bond acceptors (Lipinski definition) is 10. The quantitative estimate of drug-likeness (QED) is 0.484. The minimum absolute atomic E-state index is 0.196. The smallest absolute Gasteiger partial charge is 0.239 e. The number of methoxy groups -OCH3 is 1. The molecule has 10 nitrogen and oxygen atoms in total.